The predicted octanol–water partition coefficient (Wildman–Crippen LogP) is 3.97. The third-order valence-corrected chi connectivity index (χ3v) is 4.47. The summed E-state index contributed by atoms with van der Waals surface area (Å²) in [6.07, 6.45) is 2.04. The standard InChI is InChI=1S/C15H16N2O2S/c1-9-3-5-13(17(8-9)15(18)19)11-4-6-14-12(7-11)16-10(2)20-14/h4-7,9H,3,8H2,1-2H3,(H,18,19). The number of thiazole rings is 1. The van der Waals surface area contributed by atoms with Crippen LogP contribution in [0.25, 0.3) is 15.9 Å². The first-order valence-electron chi connectivity index (χ1n) is 6.63. The number of benzene rings is 1. The molecule has 2 aromatic rings. The zero-order valence-corrected chi connectivity index (χ0v) is 12.3. The summed E-state index contributed by atoms with van der Waals surface area (Å²) in [6, 6.07) is 5.99. The predicted molar refractivity (Wildman–Crippen MR) is 80.8 cm³/mol. The molecule has 0 radical (unpaired) electrons. The fraction of sp³-hybridized carbons (Fsp3) is 0.333. The first kappa shape index (κ1) is 13.1. The van der Waals surface area contributed by atoms with Gasteiger partial charge in [0.15, 0.2) is 0 Å². The van der Waals surface area contributed by atoms with Crippen LogP contribution in [0, 0.1) is 12.8 Å². The van der Waals surface area contributed by atoms with Crippen molar-refractivity contribution in [3.05, 3.63) is 34.8 Å². The molecule has 4 nitrogen and oxygen atoms in total. The lowest BCUT2D eigenvalue weighted by atomic mass is 9.98. The number of hydrogen-bond donors (Lipinski definition) is 1. The first-order chi connectivity index (χ1) is 9.54. The monoisotopic (exact) mass is 288 g/mol. The van der Waals surface area contributed by atoms with Crippen molar-refractivity contribution in [2.75, 3.05) is 6.54 Å². The van der Waals surface area contributed by atoms with E-state index in [9.17, 15) is 9.90 Å². The van der Waals surface area contributed by atoms with Crippen molar-refractivity contribution >= 4 is 33.3 Å². The minimum atomic E-state index is -0.891. The molecule has 2 heterocycles. The summed E-state index contributed by atoms with van der Waals surface area (Å²) < 4.78 is 1.14. The molecule has 1 atom stereocenters. The molecule has 5 heteroatoms. The van der Waals surface area contributed by atoms with Gasteiger partial charge in [0.2, 0.25) is 0 Å². The summed E-state index contributed by atoms with van der Waals surface area (Å²) in [4.78, 5) is 17.3. The quantitative estimate of drug-likeness (QED) is 0.864. The maximum Gasteiger partial charge on any atom is 0.411 e. The van der Waals surface area contributed by atoms with Gasteiger partial charge in [-0.15, -0.1) is 11.3 Å². The van der Waals surface area contributed by atoms with E-state index in [4.69, 9.17) is 0 Å². The molecule has 1 aromatic carbocycles. The molecular formula is C15H16N2O2S. The van der Waals surface area contributed by atoms with Crippen molar-refractivity contribution in [3.8, 4) is 0 Å². The summed E-state index contributed by atoms with van der Waals surface area (Å²) in [6.45, 7) is 4.60. The van der Waals surface area contributed by atoms with Crippen molar-refractivity contribution in [2.45, 2.75) is 20.3 Å². The van der Waals surface area contributed by atoms with E-state index in [2.05, 4.69) is 11.9 Å². The molecule has 1 amide bonds. The van der Waals surface area contributed by atoms with Crippen molar-refractivity contribution in [1.82, 2.24) is 9.88 Å². The smallest absolute Gasteiger partial charge is 0.411 e. The lowest BCUT2D eigenvalue weighted by molar-refractivity contribution is 0.159. The molecule has 0 saturated carbocycles. The maximum absolute atomic E-state index is 11.4. The Morgan fingerprint density at radius 2 is 2.30 bits per heavy atom. The molecule has 1 aliphatic heterocycles. The Bertz CT molecular complexity index is 705. The molecule has 0 spiro atoms. The van der Waals surface area contributed by atoms with Crippen LogP contribution in [-0.4, -0.2) is 27.6 Å². The molecule has 0 saturated heterocycles. The van der Waals surface area contributed by atoms with E-state index in [1.165, 1.54) is 4.90 Å². The van der Waals surface area contributed by atoms with Crippen LogP contribution in [0.3, 0.4) is 0 Å². The van der Waals surface area contributed by atoms with Crippen LogP contribution in [-0.2, 0) is 0 Å². The second-order valence-corrected chi connectivity index (χ2v) is 6.47. The van der Waals surface area contributed by atoms with Crippen LogP contribution < -0.4 is 0 Å². The minimum Gasteiger partial charge on any atom is -0.465 e. The molecule has 1 unspecified atom stereocenters. The first-order valence-corrected chi connectivity index (χ1v) is 7.44. The third-order valence-electron chi connectivity index (χ3n) is 3.52. The highest BCUT2D eigenvalue weighted by Crippen LogP contribution is 2.30. The number of carbonyl (C=O) groups is 1. The Morgan fingerprint density at radius 3 is 3.05 bits per heavy atom. The number of amides is 1. The molecule has 3 rings (SSSR count). The van der Waals surface area contributed by atoms with Crippen LogP contribution in [0.4, 0.5) is 4.79 Å². The molecule has 1 aromatic heterocycles. The highest BCUT2D eigenvalue weighted by molar-refractivity contribution is 7.18. The maximum atomic E-state index is 11.4. The number of nitrogens with zero attached hydrogens (tertiary/aromatic N) is 2. The van der Waals surface area contributed by atoms with Gasteiger partial charge in [-0.05, 0) is 31.4 Å². The molecule has 20 heavy (non-hydrogen) atoms. The molecule has 0 fully saturated rings. The van der Waals surface area contributed by atoms with Crippen LogP contribution in [0.2, 0.25) is 0 Å². The minimum absolute atomic E-state index is 0.361. The Balaban J connectivity index is 2.05. The van der Waals surface area contributed by atoms with E-state index in [1.807, 2.05) is 31.2 Å². The van der Waals surface area contributed by atoms with Gasteiger partial charge >= 0.3 is 6.09 Å². The summed E-state index contributed by atoms with van der Waals surface area (Å²) in [5.41, 5.74) is 2.65. The van der Waals surface area contributed by atoms with Gasteiger partial charge in [0.25, 0.3) is 0 Å². The third kappa shape index (κ3) is 2.29. The fourth-order valence-electron chi connectivity index (χ4n) is 2.56. The molecular weight excluding hydrogens is 272 g/mol. The molecule has 0 aliphatic carbocycles. The lowest BCUT2D eigenvalue weighted by Crippen LogP contribution is -2.34. The van der Waals surface area contributed by atoms with Crippen molar-refractivity contribution < 1.29 is 9.90 Å². The van der Waals surface area contributed by atoms with Crippen molar-refractivity contribution in [2.24, 2.45) is 5.92 Å². The number of carboxylic acid groups (broad SMARTS) is 1. The van der Waals surface area contributed by atoms with E-state index >= 15 is 0 Å². The highest BCUT2D eigenvalue weighted by Gasteiger charge is 2.24. The van der Waals surface area contributed by atoms with Crippen LogP contribution in [0.15, 0.2) is 24.3 Å². The lowest BCUT2D eigenvalue weighted by Gasteiger charge is -2.29. The Labute approximate surface area is 121 Å². The van der Waals surface area contributed by atoms with Gasteiger partial charge in [0, 0.05) is 12.1 Å². The molecule has 0 bridgehead atoms. The average Bonchev–Trinajstić information content (AvgIpc) is 2.77. The number of rotatable bonds is 1. The van der Waals surface area contributed by atoms with Crippen LogP contribution >= 0.6 is 11.3 Å². The number of hydrogen-bond acceptors (Lipinski definition) is 3. The second kappa shape index (κ2) is 4.90. The Morgan fingerprint density at radius 1 is 1.50 bits per heavy atom. The zero-order valence-electron chi connectivity index (χ0n) is 11.5. The second-order valence-electron chi connectivity index (χ2n) is 5.24. The highest BCUT2D eigenvalue weighted by atomic mass is 32.1. The van der Waals surface area contributed by atoms with Crippen LogP contribution in [0.1, 0.15) is 23.9 Å². The number of fused-ring (bicyclic) bond motifs is 1. The van der Waals surface area contributed by atoms with E-state index in [1.54, 1.807) is 11.3 Å². The fourth-order valence-corrected chi connectivity index (χ4v) is 3.37. The number of aryl methyl sites for hydroxylation is 1. The largest absolute Gasteiger partial charge is 0.465 e. The Hall–Kier alpha value is -1.88. The summed E-state index contributed by atoms with van der Waals surface area (Å²) in [5.74, 6) is 0.361. The van der Waals surface area contributed by atoms with E-state index < -0.39 is 6.09 Å². The Kier molecular flexibility index (Phi) is 3.22. The zero-order chi connectivity index (χ0) is 14.3. The summed E-state index contributed by atoms with van der Waals surface area (Å²) in [5, 5.41) is 10.4. The SMILES string of the molecule is Cc1nc2cc(C3=CCC(C)CN3C(=O)O)ccc2s1. The van der Waals surface area contributed by atoms with E-state index in [0.29, 0.717) is 12.5 Å². The van der Waals surface area contributed by atoms with Gasteiger partial charge in [0.05, 0.1) is 20.9 Å². The molecule has 104 valence electrons. The van der Waals surface area contributed by atoms with Gasteiger partial charge in [-0.3, -0.25) is 4.90 Å². The normalized spacial score (nSPS) is 19.2. The van der Waals surface area contributed by atoms with Gasteiger partial charge in [-0.1, -0.05) is 19.1 Å². The van der Waals surface area contributed by atoms with Crippen molar-refractivity contribution in [3.63, 3.8) is 0 Å². The van der Waals surface area contributed by atoms with E-state index in [-0.39, 0.29) is 0 Å². The number of aromatic nitrogens is 1. The van der Waals surface area contributed by atoms with Gasteiger partial charge in [-0.2, -0.15) is 0 Å². The molecule has 1 N–H and O–H groups in total. The van der Waals surface area contributed by atoms with E-state index in [0.717, 1.165) is 32.9 Å². The summed E-state index contributed by atoms with van der Waals surface area (Å²) in [7, 11) is 0. The average molecular weight is 288 g/mol. The number of allylic oxidation sites excluding steroid dienone is 1. The van der Waals surface area contributed by atoms with Gasteiger partial charge in [0.1, 0.15) is 0 Å². The van der Waals surface area contributed by atoms with Gasteiger partial charge < -0.3 is 5.11 Å². The summed E-state index contributed by atoms with van der Waals surface area (Å²) >= 11 is 1.65. The van der Waals surface area contributed by atoms with Crippen LogP contribution in [0.5, 0.6) is 0 Å². The van der Waals surface area contributed by atoms with Gasteiger partial charge in [-0.25, -0.2) is 9.78 Å². The molecule has 1 aliphatic rings. The topological polar surface area (TPSA) is 53.4 Å². The van der Waals surface area contributed by atoms with Crippen molar-refractivity contribution in [1.29, 1.82) is 0 Å².